The SMILES string of the molecule is CC(C)OC(=O)C(SCCCC(F)(F)C(F)(F)F)C(C)C. The van der Waals surface area contributed by atoms with Crippen molar-refractivity contribution in [2.75, 3.05) is 5.75 Å². The third-order valence-electron chi connectivity index (χ3n) is 2.54. The molecular formula is C13H21F5O2S. The molecule has 21 heavy (non-hydrogen) atoms. The van der Waals surface area contributed by atoms with Crippen molar-refractivity contribution in [1.82, 2.24) is 0 Å². The molecule has 0 aliphatic rings. The molecular weight excluding hydrogens is 315 g/mol. The highest BCUT2D eigenvalue weighted by atomic mass is 32.2. The van der Waals surface area contributed by atoms with Crippen LogP contribution in [0.25, 0.3) is 0 Å². The Morgan fingerprint density at radius 2 is 1.62 bits per heavy atom. The van der Waals surface area contributed by atoms with Gasteiger partial charge in [0.15, 0.2) is 0 Å². The lowest BCUT2D eigenvalue weighted by atomic mass is 10.1. The molecule has 0 N–H and O–H groups in total. The third-order valence-corrected chi connectivity index (χ3v) is 4.16. The minimum atomic E-state index is -5.52. The molecule has 0 aromatic carbocycles. The van der Waals surface area contributed by atoms with E-state index in [4.69, 9.17) is 4.74 Å². The summed E-state index contributed by atoms with van der Waals surface area (Å²) >= 11 is 1.06. The molecule has 2 nitrogen and oxygen atoms in total. The molecule has 0 saturated heterocycles. The van der Waals surface area contributed by atoms with Crippen LogP contribution in [0.4, 0.5) is 22.0 Å². The number of hydrogen-bond acceptors (Lipinski definition) is 3. The number of alkyl halides is 5. The zero-order valence-corrected chi connectivity index (χ0v) is 13.3. The van der Waals surface area contributed by atoms with Crippen molar-refractivity contribution in [3.05, 3.63) is 0 Å². The van der Waals surface area contributed by atoms with Crippen molar-refractivity contribution in [3.63, 3.8) is 0 Å². The van der Waals surface area contributed by atoms with Crippen LogP contribution in [0.1, 0.15) is 40.5 Å². The van der Waals surface area contributed by atoms with Crippen LogP contribution in [0.5, 0.6) is 0 Å². The monoisotopic (exact) mass is 336 g/mol. The summed E-state index contributed by atoms with van der Waals surface area (Å²) in [5.74, 6) is -5.20. The highest BCUT2D eigenvalue weighted by Crippen LogP contribution is 2.39. The maximum absolute atomic E-state index is 12.7. The molecule has 0 aliphatic heterocycles. The predicted molar refractivity (Wildman–Crippen MR) is 72.5 cm³/mol. The van der Waals surface area contributed by atoms with Crippen molar-refractivity contribution >= 4 is 17.7 Å². The zero-order valence-electron chi connectivity index (χ0n) is 12.5. The lowest BCUT2D eigenvalue weighted by Gasteiger charge is -2.22. The molecule has 0 spiro atoms. The van der Waals surface area contributed by atoms with E-state index in [1.54, 1.807) is 27.7 Å². The first-order chi connectivity index (χ1) is 9.38. The second kappa shape index (κ2) is 8.19. The highest BCUT2D eigenvalue weighted by Gasteiger charge is 2.56. The molecule has 0 rings (SSSR count). The Balaban J connectivity index is 4.32. The normalized spacial score (nSPS) is 14.6. The number of ether oxygens (including phenoxy) is 1. The van der Waals surface area contributed by atoms with Crippen molar-refractivity contribution in [2.45, 2.75) is 64.0 Å². The molecule has 0 aromatic rings. The van der Waals surface area contributed by atoms with Crippen molar-refractivity contribution < 1.29 is 31.5 Å². The summed E-state index contributed by atoms with van der Waals surface area (Å²) in [4.78, 5) is 11.8. The second-order valence-corrected chi connectivity index (χ2v) is 6.58. The average Bonchev–Trinajstić information content (AvgIpc) is 2.25. The van der Waals surface area contributed by atoms with E-state index in [1.165, 1.54) is 0 Å². The summed E-state index contributed by atoms with van der Waals surface area (Å²) in [6.07, 6.45) is -7.41. The molecule has 0 radical (unpaired) electrons. The highest BCUT2D eigenvalue weighted by molar-refractivity contribution is 8.00. The van der Waals surface area contributed by atoms with Crippen LogP contribution in [0.3, 0.4) is 0 Å². The molecule has 0 bridgehead atoms. The molecule has 1 unspecified atom stereocenters. The first-order valence-electron chi connectivity index (χ1n) is 6.65. The lowest BCUT2D eigenvalue weighted by Crippen LogP contribution is -2.36. The Morgan fingerprint density at radius 1 is 1.10 bits per heavy atom. The number of rotatable bonds is 8. The minimum absolute atomic E-state index is 0.0434. The molecule has 0 aromatic heterocycles. The Bertz CT molecular complexity index is 329. The van der Waals surface area contributed by atoms with Gasteiger partial charge in [0.2, 0.25) is 0 Å². The maximum Gasteiger partial charge on any atom is 0.453 e. The Hall–Kier alpha value is -0.530. The van der Waals surface area contributed by atoms with Crippen LogP contribution in [-0.2, 0) is 9.53 Å². The van der Waals surface area contributed by atoms with Crippen LogP contribution >= 0.6 is 11.8 Å². The van der Waals surface area contributed by atoms with Gasteiger partial charge in [0.05, 0.1) is 6.10 Å². The van der Waals surface area contributed by atoms with Crippen molar-refractivity contribution in [2.24, 2.45) is 5.92 Å². The van der Waals surface area contributed by atoms with Gasteiger partial charge in [-0.05, 0) is 31.9 Å². The van der Waals surface area contributed by atoms with E-state index in [2.05, 4.69) is 0 Å². The standard InChI is InChI=1S/C13H21F5O2S/c1-8(2)10(11(19)20-9(3)4)21-7-5-6-12(14,15)13(16,17)18/h8-10H,5-7H2,1-4H3. The molecule has 126 valence electrons. The summed E-state index contributed by atoms with van der Waals surface area (Å²) in [6.45, 7) is 6.90. The molecule has 0 heterocycles. The summed E-state index contributed by atoms with van der Waals surface area (Å²) in [7, 11) is 0. The molecule has 0 amide bonds. The van der Waals surface area contributed by atoms with Gasteiger partial charge >= 0.3 is 18.1 Å². The van der Waals surface area contributed by atoms with Gasteiger partial charge in [-0.25, -0.2) is 0 Å². The average molecular weight is 336 g/mol. The lowest BCUT2D eigenvalue weighted by molar-refractivity contribution is -0.284. The smallest absolute Gasteiger partial charge is 0.453 e. The van der Waals surface area contributed by atoms with Gasteiger partial charge in [0, 0.05) is 6.42 Å². The van der Waals surface area contributed by atoms with E-state index in [0.717, 1.165) is 11.8 Å². The number of carbonyl (C=O) groups is 1. The summed E-state index contributed by atoms with van der Waals surface area (Å²) < 4.78 is 66.4. The van der Waals surface area contributed by atoms with Crippen LogP contribution in [0.2, 0.25) is 0 Å². The second-order valence-electron chi connectivity index (χ2n) is 5.33. The minimum Gasteiger partial charge on any atom is -0.462 e. The molecule has 0 saturated carbocycles. The summed E-state index contributed by atoms with van der Waals surface area (Å²) in [5.41, 5.74) is 0. The molecule has 0 fully saturated rings. The van der Waals surface area contributed by atoms with Gasteiger partial charge in [0.1, 0.15) is 5.25 Å². The van der Waals surface area contributed by atoms with Gasteiger partial charge in [-0.2, -0.15) is 22.0 Å². The number of hydrogen-bond donors (Lipinski definition) is 0. The fraction of sp³-hybridized carbons (Fsp3) is 0.923. The van der Waals surface area contributed by atoms with Gasteiger partial charge in [-0.15, -0.1) is 11.8 Å². The van der Waals surface area contributed by atoms with Crippen LogP contribution in [-0.4, -0.2) is 35.2 Å². The van der Waals surface area contributed by atoms with Crippen LogP contribution < -0.4 is 0 Å². The first-order valence-corrected chi connectivity index (χ1v) is 7.70. The van der Waals surface area contributed by atoms with Gasteiger partial charge in [-0.3, -0.25) is 4.79 Å². The molecule has 8 heteroatoms. The fourth-order valence-corrected chi connectivity index (χ4v) is 2.62. The van der Waals surface area contributed by atoms with Gasteiger partial charge in [-0.1, -0.05) is 13.8 Å². The Kier molecular flexibility index (Phi) is 7.99. The van der Waals surface area contributed by atoms with E-state index in [9.17, 15) is 26.7 Å². The topological polar surface area (TPSA) is 26.3 Å². The number of halogens is 5. The first kappa shape index (κ1) is 20.5. The van der Waals surface area contributed by atoms with Crippen LogP contribution in [0.15, 0.2) is 0 Å². The van der Waals surface area contributed by atoms with E-state index in [-0.39, 0.29) is 24.2 Å². The Labute approximate surface area is 125 Å². The van der Waals surface area contributed by atoms with E-state index < -0.39 is 29.7 Å². The Morgan fingerprint density at radius 3 is 2.00 bits per heavy atom. The van der Waals surface area contributed by atoms with Gasteiger partial charge < -0.3 is 4.74 Å². The van der Waals surface area contributed by atoms with E-state index in [1.807, 2.05) is 0 Å². The summed E-state index contributed by atoms with van der Waals surface area (Å²) in [6, 6.07) is 0. The molecule has 0 aliphatic carbocycles. The van der Waals surface area contributed by atoms with E-state index >= 15 is 0 Å². The molecule has 1 atom stereocenters. The van der Waals surface area contributed by atoms with Crippen LogP contribution in [0, 0.1) is 5.92 Å². The van der Waals surface area contributed by atoms with Crippen molar-refractivity contribution in [3.8, 4) is 0 Å². The summed E-state index contributed by atoms with van der Waals surface area (Å²) in [5, 5.41) is -0.563. The number of esters is 1. The zero-order chi connectivity index (χ0) is 16.8. The van der Waals surface area contributed by atoms with E-state index in [0.29, 0.717) is 0 Å². The maximum atomic E-state index is 12.7. The third kappa shape index (κ3) is 7.33. The number of carbonyl (C=O) groups excluding carboxylic acids is 1. The van der Waals surface area contributed by atoms with Crippen molar-refractivity contribution in [1.29, 1.82) is 0 Å². The predicted octanol–water partition coefficient (Wildman–Crippen LogP) is 4.67. The number of thioether (sulfide) groups is 1. The fourth-order valence-electron chi connectivity index (χ4n) is 1.48. The quantitative estimate of drug-likeness (QED) is 0.366. The largest absolute Gasteiger partial charge is 0.462 e. The van der Waals surface area contributed by atoms with Gasteiger partial charge in [0.25, 0.3) is 0 Å².